The van der Waals surface area contributed by atoms with E-state index >= 15 is 0 Å². The molecule has 1 aromatic heterocycles. The van der Waals surface area contributed by atoms with E-state index in [9.17, 15) is 24.3 Å². The molecule has 4 heterocycles. The molecule has 51 heavy (non-hydrogen) atoms. The molecule has 2 amide bonds. The molecule has 3 aliphatic rings. The van der Waals surface area contributed by atoms with Gasteiger partial charge in [-0.25, -0.2) is 0 Å². The first-order chi connectivity index (χ1) is 24.4. The Morgan fingerprint density at radius 3 is 2.45 bits per heavy atom. The molecule has 0 aliphatic carbocycles. The lowest BCUT2D eigenvalue weighted by Gasteiger charge is -2.37. The highest BCUT2D eigenvalue weighted by Crippen LogP contribution is 2.60. The van der Waals surface area contributed by atoms with E-state index in [0.717, 1.165) is 16.7 Å². The third-order valence-corrected chi connectivity index (χ3v) is 13.6. The molecule has 0 unspecified atom stereocenters. The molecule has 1 spiro atoms. The number of benzene rings is 3. The normalized spacial score (nSPS) is 24.2. The van der Waals surface area contributed by atoms with E-state index in [1.807, 2.05) is 74.6 Å². The Kier molecular flexibility index (Phi) is 9.22. The minimum Gasteiger partial charge on any atom is -0.491 e. The van der Waals surface area contributed by atoms with Crippen LogP contribution in [0, 0.1) is 5.92 Å². The van der Waals surface area contributed by atoms with Gasteiger partial charge in [0.25, 0.3) is 11.5 Å². The van der Waals surface area contributed by atoms with Crippen LogP contribution in [-0.4, -0.2) is 65.4 Å². The van der Waals surface area contributed by atoms with Crippen LogP contribution in [0.1, 0.15) is 35.6 Å². The van der Waals surface area contributed by atoms with Crippen LogP contribution in [0.2, 0.25) is 23.7 Å². The van der Waals surface area contributed by atoms with Crippen molar-refractivity contribution in [2.75, 3.05) is 18.6 Å². The number of pyridine rings is 1. The molecule has 1 fully saturated rings. The maximum Gasteiger partial charge on any atom is 0.297 e. The number of aromatic nitrogens is 1. The molecule has 4 aromatic rings. The quantitative estimate of drug-likeness (QED) is 0.240. The molecule has 12 heteroatoms. The number of hydrogen-bond donors (Lipinski definition) is 2. The number of carbonyl (C=O) groups excluding carboxylic acids is 2. The largest absolute Gasteiger partial charge is 0.491 e. The van der Waals surface area contributed by atoms with Crippen molar-refractivity contribution in [3.05, 3.63) is 123 Å². The summed E-state index contributed by atoms with van der Waals surface area (Å²) in [6.07, 6.45) is 1.43. The number of hydrogen-bond acceptors (Lipinski definition) is 7. The highest BCUT2D eigenvalue weighted by Gasteiger charge is 2.66. The third kappa shape index (κ3) is 6.00. The topological polar surface area (TPSA) is 122 Å². The molecule has 3 aromatic carbocycles. The standard InChI is InChI=1S/C39H42ClN3O7Si/c1-24-36(51(3,4)48)34(20-35(45)42-22-27-9-6-5-8-26(27)18-30(42)23-44)50-39(24)31-19-28(40)13-16-32(31)43(38(39)47)21-25-11-14-29(15-12-25)41-17-7-10-33(49-2)37(41)46/h5-17,19,24,30,34,36,44,48H,18,20-23H2,1-4H3/t24-,30-,34+,36-,39+/m0/s1. The summed E-state index contributed by atoms with van der Waals surface area (Å²) in [6.45, 7) is 6.00. The van der Waals surface area contributed by atoms with Crippen molar-refractivity contribution in [1.29, 1.82) is 0 Å². The van der Waals surface area contributed by atoms with Gasteiger partial charge in [0.05, 0.1) is 44.5 Å². The summed E-state index contributed by atoms with van der Waals surface area (Å²) in [5.41, 5.74) is 2.69. The van der Waals surface area contributed by atoms with Gasteiger partial charge in [0.2, 0.25) is 5.91 Å². The third-order valence-electron chi connectivity index (χ3n) is 10.9. The van der Waals surface area contributed by atoms with Crippen LogP contribution in [-0.2, 0) is 39.4 Å². The zero-order chi connectivity index (χ0) is 36.2. The summed E-state index contributed by atoms with van der Waals surface area (Å²) in [4.78, 5) is 56.9. The highest BCUT2D eigenvalue weighted by molar-refractivity contribution is 6.71. The minimum absolute atomic E-state index is 0.0410. The monoisotopic (exact) mass is 727 g/mol. The van der Waals surface area contributed by atoms with E-state index in [0.29, 0.717) is 34.9 Å². The molecule has 0 saturated carbocycles. The van der Waals surface area contributed by atoms with E-state index in [1.165, 1.54) is 11.7 Å². The SMILES string of the molecule is COc1cccn(-c2ccc(CN3C(=O)[C@]4(O[C@H](CC(=O)N5Cc6ccccc6C[C@H]5CO)[C@@H]([Si](C)(C)O)[C@@H]4C)c4cc(Cl)ccc43)cc2)c1=O. The number of carbonyl (C=O) groups is 2. The van der Waals surface area contributed by atoms with Crippen molar-refractivity contribution < 1.29 is 29.0 Å². The number of aliphatic hydroxyl groups excluding tert-OH is 1. The second-order valence-corrected chi connectivity index (χ2v) is 18.8. The number of amides is 2. The van der Waals surface area contributed by atoms with E-state index < -0.39 is 31.5 Å². The van der Waals surface area contributed by atoms with Crippen LogP contribution >= 0.6 is 11.6 Å². The van der Waals surface area contributed by atoms with Gasteiger partial charge in [-0.15, -0.1) is 0 Å². The van der Waals surface area contributed by atoms with Crippen molar-refractivity contribution in [1.82, 2.24) is 9.47 Å². The van der Waals surface area contributed by atoms with Crippen LogP contribution in [0.25, 0.3) is 5.69 Å². The number of fused-ring (bicyclic) bond motifs is 3. The Morgan fingerprint density at radius 2 is 1.76 bits per heavy atom. The average Bonchev–Trinajstić information content (AvgIpc) is 3.53. The summed E-state index contributed by atoms with van der Waals surface area (Å²) in [5.74, 6) is -0.712. The fourth-order valence-electron chi connectivity index (χ4n) is 8.52. The van der Waals surface area contributed by atoms with Crippen LogP contribution in [0.3, 0.4) is 0 Å². The fraction of sp³-hybridized carbons (Fsp3) is 0.359. The predicted octanol–water partition coefficient (Wildman–Crippen LogP) is 5.18. The van der Waals surface area contributed by atoms with E-state index in [-0.39, 0.29) is 48.7 Å². The van der Waals surface area contributed by atoms with Crippen molar-refractivity contribution in [2.45, 2.75) is 69.2 Å². The van der Waals surface area contributed by atoms with Gasteiger partial charge < -0.3 is 29.2 Å². The first-order valence-electron chi connectivity index (χ1n) is 17.2. The van der Waals surface area contributed by atoms with Crippen LogP contribution in [0.4, 0.5) is 5.69 Å². The molecule has 0 radical (unpaired) electrons. The highest BCUT2D eigenvalue weighted by atomic mass is 35.5. The lowest BCUT2D eigenvalue weighted by Crippen LogP contribution is -2.48. The Balaban J connectivity index is 1.20. The first-order valence-corrected chi connectivity index (χ1v) is 20.6. The lowest BCUT2D eigenvalue weighted by molar-refractivity contribution is -0.151. The number of halogens is 1. The van der Waals surface area contributed by atoms with Crippen LogP contribution < -0.4 is 15.2 Å². The Labute approximate surface area is 302 Å². The smallest absolute Gasteiger partial charge is 0.297 e. The molecule has 7 rings (SSSR count). The van der Waals surface area contributed by atoms with Gasteiger partial charge in [0.1, 0.15) is 0 Å². The first kappa shape index (κ1) is 35.2. The van der Waals surface area contributed by atoms with Gasteiger partial charge >= 0.3 is 0 Å². The zero-order valence-corrected chi connectivity index (χ0v) is 30.8. The molecule has 10 nitrogen and oxygen atoms in total. The van der Waals surface area contributed by atoms with Gasteiger partial charge in [-0.1, -0.05) is 54.9 Å². The molecule has 5 atom stereocenters. The summed E-state index contributed by atoms with van der Waals surface area (Å²) in [6, 6.07) is 23.6. The maximum absolute atomic E-state index is 14.9. The number of methoxy groups -OCH3 is 1. The van der Waals surface area contributed by atoms with Crippen LogP contribution in [0.5, 0.6) is 5.75 Å². The molecule has 1 saturated heterocycles. The lowest BCUT2D eigenvalue weighted by atomic mass is 9.82. The van der Waals surface area contributed by atoms with Gasteiger partial charge in [-0.05, 0) is 78.7 Å². The summed E-state index contributed by atoms with van der Waals surface area (Å²) in [5, 5.41) is 10.7. The van der Waals surface area contributed by atoms with Crippen molar-refractivity contribution >= 4 is 37.4 Å². The van der Waals surface area contributed by atoms with Crippen molar-refractivity contribution in [3.8, 4) is 11.4 Å². The van der Waals surface area contributed by atoms with Gasteiger partial charge in [0, 0.05) is 40.5 Å². The molecule has 2 N–H and O–H groups in total. The minimum atomic E-state index is -3.04. The second-order valence-electron chi connectivity index (χ2n) is 14.4. The predicted molar refractivity (Wildman–Crippen MR) is 197 cm³/mol. The van der Waals surface area contributed by atoms with Crippen molar-refractivity contribution in [3.63, 3.8) is 0 Å². The average molecular weight is 728 g/mol. The fourth-order valence-corrected chi connectivity index (χ4v) is 11.2. The number of anilines is 1. The molecular weight excluding hydrogens is 686 g/mol. The molecule has 266 valence electrons. The maximum atomic E-state index is 14.9. The molecule has 3 aliphatic heterocycles. The van der Waals surface area contributed by atoms with E-state index in [1.54, 1.807) is 40.3 Å². The Hall–Kier alpha value is -4.26. The number of ether oxygens (including phenoxy) is 2. The number of nitrogens with zero attached hydrogens (tertiary/aromatic N) is 3. The van der Waals surface area contributed by atoms with Gasteiger partial charge in [0.15, 0.2) is 19.7 Å². The summed E-state index contributed by atoms with van der Waals surface area (Å²) >= 11 is 6.57. The zero-order valence-electron chi connectivity index (χ0n) is 29.1. The Morgan fingerprint density at radius 1 is 1.04 bits per heavy atom. The van der Waals surface area contributed by atoms with Gasteiger partial charge in [-0.3, -0.25) is 19.0 Å². The summed E-state index contributed by atoms with van der Waals surface area (Å²) < 4.78 is 13.6. The second kappa shape index (κ2) is 13.4. The molecular formula is C39H42ClN3O7Si. The number of aliphatic hydroxyl groups is 1. The number of rotatable bonds is 8. The van der Waals surface area contributed by atoms with Crippen molar-refractivity contribution in [2.24, 2.45) is 5.92 Å². The van der Waals surface area contributed by atoms with E-state index in [2.05, 4.69) is 0 Å². The summed E-state index contributed by atoms with van der Waals surface area (Å²) in [7, 11) is -1.58. The molecule has 0 bridgehead atoms. The Bertz CT molecular complexity index is 2050. The van der Waals surface area contributed by atoms with Crippen LogP contribution in [0.15, 0.2) is 89.9 Å². The van der Waals surface area contributed by atoms with Gasteiger partial charge in [-0.2, -0.15) is 0 Å². The van der Waals surface area contributed by atoms with E-state index in [4.69, 9.17) is 21.1 Å².